The predicted octanol–water partition coefficient (Wildman–Crippen LogP) is 1.02. The molecule has 2 heterocycles. The Kier molecular flexibility index (Phi) is 3.00. The molecule has 0 atom stereocenters. The van der Waals surface area contributed by atoms with Gasteiger partial charge in [0.25, 0.3) is 5.56 Å². The molecule has 0 bridgehead atoms. The van der Waals surface area contributed by atoms with E-state index in [4.69, 9.17) is 0 Å². The van der Waals surface area contributed by atoms with Crippen LogP contribution >= 0.6 is 11.3 Å². The second-order valence-corrected chi connectivity index (χ2v) is 4.10. The Balaban J connectivity index is 2.28. The number of aromatic nitrogens is 2. The molecule has 0 aliphatic heterocycles. The lowest BCUT2D eigenvalue weighted by Crippen LogP contribution is -2.21. The number of fused-ring (bicyclic) bond motifs is 1. The van der Waals surface area contributed by atoms with Gasteiger partial charge in [0, 0.05) is 6.54 Å². The van der Waals surface area contributed by atoms with Gasteiger partial charge in [-0.15, -0.1) is 11.3 Å². The summed E-state index contributed by atoms with van der Waals surface area (Å²) in [6.45, 7) is 0.296. The minimum Gasteiger partial charge on any atom is -0.469 e. The highest BCUT2D eigenvalue weighted by atomic mass is 32.1. The molecule has 0 unspecified atom stereocenters. The number of carbonyl (C=O) groups is 1. The summed E-state index contributed by atoms with van der Waals surface area (Å²) in [7, 11) is 1.32. The number of ether oxygens (including phenoxy) is 1. The van der Waals surface area contributed by atoms with E-state index in [0.29, 0.717) is 11.9 Å². The topological polar surface area (TPSA) is 61.2 Å². The van der Waals surface area contributed by atoms with Crippen LogP contribution in [0, 0.1) is 0 Å². The summed E-state index contributed by atoms with van der Waals surface area (Å²) in [5.74, 6) is -0.336. The normalized spacial score (nSPS) is 10.6. The summed E-state index contributed by atoms with van der Waals surface area (Å²) in [5.41, 5.74) is -0.116. The highest BCUT2D eigenvalue weighted by molar-refractivity contribution is 7.16. The number of hydrogen-bond acceptors (Lipinski definition) is 5. The summed E-state index contributed by atoms with van der Waals surface area (Å²) < 4.78 is 5.93. The molecule has 16 heavy (non-hydrogen) atoms. The van der Waals surface area contributed by atoms with E-state index in [9.17, 15) is 9.59 Å². The summed E-state index contributed by atoms with van der Waals surface area (Å²) in [6, 6.07) is 1.74. The lowest BCUT2D eigenvalue weighted by atomic mass is 10.4. The van der Waals surface area contributed by atoms with Crippen molar-refractivity contribution in [2.45, 2.75) is 13.0 Å². The van der Waals surface area contributed by atoms with Gasteiger partial charge in [0.2, 0.25) is 0 Å². The largest absolute Gasteiger partial charge is 0.469 e. The molecule has 0 saturated heterocycles. The van der Waals surface area contributed by atoms with Crippen LogP contribution in [0.2, 0.25) is 0 Å². The zero-order valence-corrected chi connectivity index (χ0v) is 9.49. The average molecular weight is 238 g/mol. The van der Waals surface area contributed by atoms with Crippen LogP contribution in [-0.2, 0) is 16.1 Å². The van der Waals surface area contributed by atoms with Gasteiger partial charge in [0.1, 0.15) is 4.83 Å². The van der Waals surface area contributed by atoms with E-state index in [-0.39, 0.29) is 17.9 Å². The first kappa shape index (κ1) is 10.8. The van der Waals surface area contributed by atoms with Crippen molar-refractivity contribution in [3.63, 3.8) is 0 Å². The molecular formula is C10H10N2O3S. The summed E-state index contributed by atoms with van der Waals surface area (Å²) >= 11 is 1.42. The van der Waals surface area contributed by atoms with Gasteiger partial charge in [-0.25, -0.2) is 4.98 Å². The molecule has 0 aromatic carbocycles. The predicted molar refractivity (Wildman–Crippen MR) is 60.5 cm³/mol. The number of nitrogens with zero attached hydrogens (tertiary/aromatic N) is 2. The zero-order valence-electron chi connectivity index (χ0n) is 8.67. The number of thiophene rings is 1. The van der Waals surface area contributed by atoms with Crippen molar-refractivity contribution in [2.75, 3.05) is 7.11 Å². The van der Waals surface area contributed by atoms with Crippen LogP contribution in [0.15, 0.2) is 22.6 Å². The molecule has 5 nitrogen and oxygen atoms in total. The molecular weight excluding hydrogens is 228 g/mol. The zero-order chi connectivity index (χ0) is 11.5. The van der Waals surface area contributed by atoms with E-state index in [0.717, 1.165) is 4.83 Å². The second kappa shape index (κ2) is 4.44. The molecule has 2 aromatic rings. The molecule has 0 amide bonds. The lowest BCUT2D eigenvalue weighted by molar-refractivity contribution is -0.140. The first-order valence-electron chi connectivity index (χ1n) is 4.72. The molecule has 0 fully saturated rings. The molecule has 0 spiro atoms. The van der Waals surface area contributed by atoms with Crippen LogP contribution in [0.4, 0.5) is 0 Å². The Labute approximate surface area is 95.3 Å². The molecule has 0 N–H and O–H groups in total. The summed E-state index contributed by atoms with van der Waals surface area (Å²) in [5, 5.41) is 2.42. The molecule has 2 rings (SSSR count). The van der Waals surface area contributed by atoms with Crippen molar-refractivity contribution in [2.24, 2.45) is 0 Å². The minimum absolute atomic E-state index is 0.116. The number of carbonyl (C=O) groups excluding carboxylic acids is 1. The third-order valence-corrected chi connectivity index (χ3v) is 3.06. The maximum atomic E-state index is 11.9. The van der Waals surface area contributed by atoms with Crippen molar-refractivity contribution in [3.8, 4) is 0 Å². The average Bonchev–Trinajstić information content (AvgIpc) is 2.76. The van der Waals surface area contributed by atoms with Gasteiger partial charge in [-0.05, 0) is 11.4 Å². The lowest BCUT2D eigenvalue weighted by Gasteiger charge is -2.03. The Bertz CT molecular complexity index is 573. The summed E-state index contributed by atoms with van der Waals surface area (Å²) in [6.07, 6.45) is 1.64. The van der Waals surface area contributed by atoms with Gasteiger partial charge in [0.15, 0.2) is 0 Å². The van der Waals surface area contributed by atoms with Crippen molar-refractivity contribution in [1.82, 2.24) is 9.55 Å². The molecule has 0 saturated carbocycles. The Hall–Kier alpha value is -1.69. The smallest absolute Gasteiger partial charge is 0.307 e. The Morgan fingerprint density at radius 3 is 3.19 bits per heavy atom. The van der Waals surface area contributed by atoms with Gasteiger partial charge in [0.05, 0.1) is 25.2 Å². The van der Waals surface area contributed by atoms with Gasteiger partial charge in [-0.2, -0.15) is 0 Å². The minimum atomic E-state index is -0.336. The van der Waals surface area contributed by atoms with Crippen LogP contribution in [0.3, 0.4) is 0 Å². The number of methoxy groups -OCH3 is 1. The third kappa shape index (κ3) is 1.96. The first-order chi connectivity index (χ1) is 7.72. The van der Waals surface area contributed by atoms with Gasteiger partial charge in [-0.1, -0.05) is 0 Å². The number of esters is 1. The second-order valence-electron chi connectivity index (χ2n) is 3.21. The maximum absolute atomic E-state index is 11.9. The SMILES string of the molecule is COC(=O)CCn1cnc2sccc2c1=O. The monoisotopic (exact) mass is 238 g/mol. The maximum Gasteiger partial charge on any atom is 0.307 e. The molecule has 0 radical (unpaired) electrons. The van der Waals surface area contributed by atoms with Gasteiger partial charge < -0.3 is 4.74 Å². The van der Waals surface area contributed by atoms with Gasteiger partial charge in [-0.3, -0.25) is 14.2 Å². The van der Waals surface area contributed by atoms with Crippen LogP contribution in [0.25, 0.3) is 10.2 Å². The first-order valence-corrected chi connectivity index (χ1v) is 5.60. The van der Waals surface area contributed by atoms with Crippen LogP contribution in [-0.4, -0.2) is 22.6 Å². The van der Waals surface area contributed by atoms with E-state index < -0.39 is 0 Å². The van der Waals surface area contributed by atoms with E-state index in [1.54, 1.807) is 6.07 Å². The fourth-order valence-electron chi connectivity index (χ4n) is 1.37. The number of hydrogen-bond donors (Lipinski definition) is 0. The molecule has 6 heteroatoms. The Morgan fingerprint density at radius 2 is 2.44 bits per heavy atom. The molecule has 84 valence electrons. The van der Waals surface area contributed by atoms with Crippen LogP contribution in [0.1, 0.15) is 6.42 Å². The Morgan fingerprint density at radius 1 is 1.62 bits per heavy atom. The van der Waals surface area contributed by atoms with Crippen LogP contribution in [0.5, 0.6) is 0 Å². The number of aryl methyl sites for hydroxylation is 1. The molecule has 0 aliphatic carbocycles. The van der Waals surface area contributed by atoms with E-state index >= 15 is 0 Å². The quantitative estimate of drug-likeness (QED) is 0.749. The van der Waals surface area contributed by atoms with Gasteiger partial charge >= 0.3 is 5.97 Å². The fourth-order valence-corrected chi connectivity index (χ4v) is 2.09. The fraction of sp³-hybridized carbons (Fsp3) is 0.300. The van der Waals surface area contributed by atoms with E-state index in [2.05, 4.69) is 9.72 Å². The highest BCUT2D eigenvalue weighted by Gasteiger charge is 2.06. The standard InChI is InChI=1S/C10H10N2O3S/c1-15-8(13)2-4-12-6-11-9-7(10(12)14)3-5-16-9/h3,5-6H,2,4H2,1H3. The van der Waals surface area contributed by atoms with Crippen molar-refractivity contribution < 1.29 is 9.53 Å². The van der Waals surface area contributed by atoms with Crippen molar-refractivity contribution in [1.29, 1.82) is 0 Å². The van der Waals surface area contributed by atoms with Crippen molar-refractivity contribution >= 4 is 27.5 Å². The highest BCUT2D eigenvalue weighted by Crippen LogP contribution is 2.13. The van der Waals surface area contributed by atoms with E-state index in [1.165, 1.54) is 29.3 Å². The molecule has 0 aliphatic rings. The number of rotatable bonds is 3. The van der Waals surface area contributed by atoms with Crippen LogP contribution < -0.4 is 5.56 Å². The van der Waals surface area contributed by atoms with E-state index in [1.807, 2.05) is 5.38 Å². The summed E-state index contributed by atoms with van der Waals surface area (Å²) in [4.78, 5) is 27.7. The molecule has 2 aromatic heterocycles. The van der Waals surface area contributed by atoms with Crippen molar-refractivity contribution in [3.05, 3.63) is 28.1 Å². The third-order valence-electron chi connectivity index (χ3n) is 2.23.